The Labute approximate surface area is 79.9 Å². The number of carbonyl (C=O) groups excluding carboxylic acids is 1. The minimum absolute atomic E-state index is 0.0829. The van der Waals surface area contributed by atoms with Gasteiger partial charge in [-0.25, -0.2) is 4.39 Å². The molecule has 2 aromatic rings. The molecule has 0 saturated carbocycles. The third-order valence-electron chi connectivity index (χ3n) is 2.29. The maximum Gasteiger partial charge on any atom is 0.153 e. The summed E-state index contributed by atoms with van der Waals surface area (Å²) < 4.78 is 13.7. The Bertz CT molecular complexity index is 516. The van der Waals surface area contributed by atoms with Gasteiger partial charge in [0.1, 0.15) is 5.82 Å². The van der Waals surface area contributed by atoms with Gasteiger partial charge in [-0.05, 0) is 25.5 Å². The van der Waals surface area contributed by atoms with Crippen molar-refractivity contribution in [3.05, 3.63) is 28.7 Å². The van der Waals surface area contributed by atoms with Crippen molar-refractivity contribution in [3.8, 4) is 0 Å². The van der Waals surface area contributed by atoms with E-state index in [1.165, 1.54) is 6.07 Å². The molecule has 0 spiro atoms. The second kappa shape index (κ2) is 2.90. The van der Waals surface area contributed by atoms with Crippen molar-refractivity contribution in [1.29, 1.82) is 0 Å². The molecular weight excluding hydrogens is 183 g/mol. The monoisotopic (exact) mass is 192 g/mol. The number of fused-ring (bicyclic) bond motifs is 1. The van der Waals surface area contributed by atoms with Crippen molar-refractivity contribution >= 4 is 17.2 Å². The lowest BCUT2D eigenvalue weighted by Gasteiger charge is -2.00. The first kappa shape index (κ1) is 8.87. The first-order valence-electron chi connectivity index (χ1n) is 4.24. The van der Waals surface area contributed by atoms with Crippen LogP contribution in [0.25, 0.3) is 10.9 Å². The van der Waals surface area contributed by atoms with E-state index in [2.05, 4.69) is 10.2 Å². The summed E-state index contributed by atoms with van der Waals surface area (Å²) in [6.07, 6.45) is 0.522. The lowest BCUT2D eigenvalue weighted by Crippen LogP contribution is -1.91. The second-order valence-corrected chi connectivity index (χ2v) is 3.29. The minimum atomic E-state index is -0.494. The highest BCUT2D eigenvalue weighted by atomic mass is 19.1. The zero-order valence-corrected chi connectivity index (χ0v) is 7.89. The first-order valence-corrected chi connectivity index (χ1v) is 4.24. The predicted octanol–water partition coefficient (Wildman–Crippen LogP) is 2.13. The normalized spacial score (nSPS) is 10.8. The highest BCUT2D eigenvalue weighted by Crippen LogP contribution is 2.24. The van der Waals surface area contributed by atoms with Crippen molar-refractivity contribution in [2.45, 2.75) is 13.8 Å². The van der Waals surface area contributed by atoms with E-state index in [0.717, 1.165) is 5.56 Å². The average molecular weight is 192 g/mol. The van der Waals surface area contributed by atoms with Gasteiger partial charge in [0.25, 0.3) is 0 Å². The van der Waals surface area contributed by atoms with Crippen molar-refractivity contribution in [2.75, 3.05) is 0 Å². The van der Waals surface area contributed by atoms with E-state index < -0.39 is 5.82 Å². The number of aldehydes is 1. The maximum absolute atomic E-state index is 13.7. The van der Waals surface area contributed by atoms with Gasteiger partial charge >= 0.3 is 0 Å². The fourth-order valence-corrected chi connectivity index (χ4v) is 1.58. The average Bonchev–Trinajstić information content (AvgIpc) is 2.54. The fraction of sp³-hybridized carbons (Fsp3) is 0.200. The van der Waals surface area contributed by atoms with E-state index in [1.807, 2.05) is 0 Å². The number of rotatable bonds is 1. The van der Waals surface area contributed by atoms with Gasteiger partial charge in [-0.15, -0.1) is 0 Å². The molecule has 0 unspecified atom stereocenters. The third kappa shape index (κ3) is 1.04. The van der Waals surface area contributed by atoms with Gasteiger partial charge < -0.3 is 0 Å². The Kier molecular flexibility index (Phi) is 1.84. The summed E-state index contributed by atoms with van der Waals surface area (Å²) in [6.45, 7) is 3.53. The van der Waals surface area contributed by atoms with Crippen molar-refractivity contribution in [2.24, 2.45) is 0 Å². The molecule has 0 aliphatic heterocycles. The van der Waals surface area contributed by atoms with Crippen LogP contribution in [0.1, 0.15) is 21.6 Å². The first-order chi connectivity index (χ1) is 6.65. The van der Waals surface area contributed by atoms with Crippen LogP contribution in [0.2, 0.25) is 0 Å². The zero-order valence-electron chi connectivity index (χ0n) is 7.89. The van der Waals surface area contributed by atoms with Gasteiger partial charge in [-0.3, -0.25) is 9.89 Å². The van der Waals surface area contributed by atoms with Crippen LogP contribution in [-0.4, -0.2) is 16.5 Å². The van der Waals surface area contributed by atoms with E-state index in [-0.39, 0.29) is 5.56 Å². The topological polar surface area (TPSA) is 45.8 Å². The largest absolute Gasteiger partial charge is 0.298 e. The lowest BCUT2D eigenvalue weighted by atomic mass is 10.1. The number of aromatic nitrogens is 2. The smallest absolute Gasteiger partial charge is 0.153 e. The van der Waals surface area contributed by atoms with Crippen LogP contribution < -0.4 is 0 Å². The highest BCUT2D eigenvalue weighted by molar-refractivity contribution is 5.91. The van der Waals surface area contributed by atoms with Crippen LogP contribution in [0.3, 0.4) is 0 Å². The SMILES string of the molecule is Cc1cc(C=O)c(F)c2c(C)[nH]nc12. The molecule has 0 radical (unpaired) electrons. The molecule has 72 valence electrons. The molecule has 0 bridgehead atoms. The predicted molar refractivity (Wildman–Crippen MR) is 50.9 cm³/mol. The molecule has 2 rings (SSSR count). The zero-order chi connectivity index (χ0) is 10.3. The number of carbonyl (C=O) groups is 1. The van der Waals surface area contributed by atoms with E-state index in [9.17, 15) is 9.18 Å². The summed E-state index contributed by atoms with van der Waals surface area (Å²) in [5.41, 5.74) is 2.11. The molecule has 4 heteroatoms. The lowest BCUT2D eigenvalue weighted by molar-refractivity contribution is 0.112. The number of aryl methyl sites for hydroxylation is 2. The molecule has 1 aromatic heterocycles. The Morgan fingerprint density at radius 1 is 1.50 bits per heavy atom. The van der Waals surface area contributed by atoms with Crippen LogP contribution in [0.4, 0.5) is 4.39 Å². The number of benzene rings is 1. The molecule has 0 fully saturated rings. The van der Waals surface area contributed by atoms with Crippen LogP contribution >= 0.6 is 0 Å². The number of H-pyrrole nitrogens is 1. The van der Waals surface area contributed by atoms with E-state index in [4.69, 9.17) is 0 Å². The van der Waals surface area contributed by atoms with Gasteiger partial charge in [-0.1, -0.05) is 0 Å². The van der Waals surface area contributed by atoms with E-state index >= 15 is 0 Å². The summed E-state index contributed by atoms with van der Waals surface area (Å²) in [5, 5.41) is 7.09. The van der Waals surface area contributed by atoms with Gasteiger partial charge in [-0.2, -0.15) is 5.10 Å². The van der Waals surface area contributed by atoms with Gasteiger partial charge in [0.2, 0.25) is 0 Å². The van der Waals surface area contributed by atoms with E-state index in [0.29, 0.717) is 22.9 Å². The van der Waals surface area contributed by atoms with E-state index in [1.54, 1.807) is 13.8 Å². The van der Waals surface area contributed by atoms with Gasteiger partial charge in [0, 0.05) is 5.69 Å². The van der Waals surface area contributed by atoms with Crippen molar-refractivity contribution < 1.29 is 9.18 Å². The molecule has 14 heavy (non-hydrogen) atoms. The van der Waals surface area contributed by atoms with Crippen LogP contribution in [0.5, 0.6) is 0 Å². The fourth-order valence-electron chi connectivity index (χ4n) is 1.58. The number of hydrogen-bond donors (Lipinski definition) is 1. The summed E-state index contributed by atoms with van der Waals surface area (Å²) in [7, 11) is 0. The Morgan fingerprint density at radius 2 is 2.21 bits per heavy atom. The highest BCUT2D eigenvalue weighted by Gasteiger charge is 2.13. The molecule has 1 N–H and O–H groups in total. The Hall–Kier alpha value is -1.71. The molecular formula is C10H9FN2O. The number of hydrogen-bond acceptors (Lipinski definition) is 2. The molecule has 0 aliphatic carbocycles. The molecule has 0 atom stereocenters. The molecule has 0 saturated heterocycles. The second-order valence-electron chi connectivity index (χ2n) is 3.29. The van der Waals surface area contributed by atoms with Crippen LogP contribution in [0.15, 0.2) is 6.07 Å². The summed E-state index contributed by atoms with van der Waals surface area (Å²) in [5.74, 6) is -0.494. The number of nitrogens with zero attached hydrogens (tertiary/aromatic N) is 1. The number of aromatic amines is 1. The van der Waals surface area contributed by atoms with Crippen molar-refractivity contribution in [3.63, 3.8) is 0 Å². The summed E-state index contributed by atoms with van der Waals surface area (Å²) in [4.78, 5) is 10.6. The quantitative estimate of drug-likeness (QED) is 0.703. The van der Waals surface area contributed by atoms with Crippen LogP contribution in [-0.2, 0) is 0 Å². The summed E-state index contributed by atoms with van der Waals surface area (Å²) in [6, 6.07) is 1.50. The molecule has 1 aromatic carbocycles. The van der Waals surface area contributed by atoms with Gasteiger partial charge in [0.15, 0.2) is 6.29 Å². The Morgan fingerprint density at radius 3 is 2.86 bits per heavy atom. The third-order valence-corrected chi connectivity index (χ3v) is 2.29. The number of halogens is 1. The van der Waals surface area contributed by atoms with Crippen LogP contribution in [0, 0.1) is 19.7 Å². The van der Waals surface area contributed by atoms with Gasteiger partial charge in [0.05, 0.1) is 16.5 Å². The Balaban J connectivity index is 2.98. The summed E-state index contributed by atoms with van der Waals surface area (Å²) >= 11 is 0. The number of nitrogens with one attached hydrogen (secondary N) is 1. The molecule has 3 nitrogen and oxygen atoms in total. The molecule has 0 amide bonds. The minimum Gasteiger partial charge on any atom is -0.298 e. The maximum atomic E-state index is 13.7. The molecule has 1 heterocycles. The van der Waals surface area contributed by atoms with Crippen molar-refractivity contribution in [1.82, 2.24) is 10.2 Å². The standard InChI is InChI=1S/C10H9FN2O/c1-5-3-7(4-14)9(11)8-6(2)12-13-10(5)8/h3-4H,1-2H3,(H,12,13). The molecule has 0 aliphatic rings.